The Bertz CT molecular complexity index is 2810. The zero-order valence-corrected chi connectivity index (χ0v) is 24.6. The van der Waals surface area contributed by atoms with Gasteiger partial charge in [0.25, 0.3) is 0 Å². The van der Waals surface area contributed by atoms with Crippen LogP contribution in [0.15, 0.2) is 154 Å². The summed E-state index contributed by atoms with van der Waals surface area (Å²) in [5.74, 6) is 0. The van der Waals surface area contributed by atoms with Crippen LogP contribution in [0, 0.1) is 0 Å². The third kappa shape index (κ3) is 3.12. The van der Waals surface area contributed by atoms with E-state index >= 15 is 0 Å². The van der Waals surface area contributed by atoms with Crippen molar-refractivity contribution in [1.29, 1.82) is 0 Å². The molecule has 0 aliphatic carbocycles. The molecule has 0 radical (unpaired) electrons. The first kappa shape index (κ1) is 24.1. The summed E-state index contributed by atoms with van der Waals surface area (Å²) in [6, 6.07) is 51.7. The van der Waals surface area contributed by atoms with E-state index in [-0.39, 0.29) is 0 Å². The fourth-order valence-corrected chi connectivity index (χ4v) is 7.68. The van der Waals surface area contributed by atoms with Gasteiger partial charge < -0.3 is 18.0 Å². The molecule has 0 aliphatic heterocycles. The molecule has 0 bridgehead atoms. The van der Waals surface area contributed by atoms with Crippen LogP contribution in [0.3, 0.4) is 0 Å². The normalized spacial score (nSPS) is 12.3. The standard InChI is InChI=1S/C42H24N2O2/c1-5-13-35-27(9-1)31-21-33-29-11-3-7-15-39(29)45-41(33)23-37(31)43(35)25-17-19-26(20-18-25)44-36-14-6-2-10-28(36)32-22-34-30-12-4-8-16-40(30)46-42(34)24-38(32)44/h1-24H. The lowest BCUT2D eigenvalue weighted by Crippen LogP contribution is -1.97. The number of benzene rings is 7. The summed E-state index contributed by atoms with van der Waals surface area (Å²) < 4.78 is 17.3. The van der Waals surface area contributed by atoms with Crippen molar-refractivity contribution in [2.24, 2.45) is 0 Å². The molecule has 4 aromatic heterocycles. The lowest BCUT2D eigenvalue weighted by molar-refractivity contribution is 0.669. The SMILES string of the molecule is c1ccc2c(c1)oc1cc3c(cc12)c1ccccc1n3-c1ccc(-n2c3ccccc3c3cc4c(cc32)oc2ccccc24)cc1. The van der Waals surface area contributed by atoms with Crippen LogP contribution in [0.5, 0.6) is 0 Å². The largest absolute Gasteiger partial charge is 0.456 e. The lowest BCUT2D eigenvalue weighted by atomic mass is 10.1. The van der Waals surface area contributed by atoms with Gasteiger partial charge in [0.05, 0.1) is 22.1 Å². The Hall–Kier alpha value is -6.26. The lowest BCUT2D eigenvalue weighted by Gasteiger charge is -2.11. The summed E-state index contributed by atoms with van der Waals surface area (Å²) in [5, 5.41) is 9.47. The van der Waals surface area contributed by atoms with Gasteiger partial charge in [0.2, 0.25) is 0 Å². The van der Waals surface area contributed by atoms with E-state index in [0.29, 0.717) is 0 Å². The van der Waals surface area contributed by atoms with E-state index < -0.39 is 0 Å². The molecule has 0 saturated heterocycles. The minimum Gasteiger partial charge on any atom is -0.456 e. The van der Waals surface area contributed by atoms with Crippen molar-refractivity contribution in [2.45, 2.75) is 0 Å². The van der Waals surface area contributed by atoms with Gasteiger partial charge in [0.1, 0.15) is 22.3 Å². The van der Waals surface area contributed by atoms with E-state index in [1.165, 1.54) is 32.6 Å². The highest BCUT2D eigenvalue weighted by Gasteiger charge is 2.18. The molecular formula is C42H24N2O2. The molecule has 4 heterocycles. The Morgan fingerprint density at radius 1 is 0.283 bits per heavy atom. The zero-order valence-electron chi connectivity index (χ0n) is 24.6. The summed E-state index contributed by atoms with van der Waals surface area (Å²) in [6.07, 6.45) is 0. The Kier molecular flexibility index (Phi) is 4.55. The number of nitrogens with zero attached hydrogens (tertiary/aromatic N) is 2. The van der Waals surface area contributed by atoms with Crippen molar-refractivity contribution in [1.82, 2.24) is 9.13 Å². The predicted molar refractivity (Wildman–Crippen MR) is 190 cm³/mol. The molecule has 11 rings (SSSR count). The van der Waals surface area contributed by atoms with E-state index in [2.05, 4.69) is 130 Å². The summed E-state index contributed by atoms with van der Waals surface area (Å²) in [5.41, 5.74) is 10.4. The van der Waals surface area contributed by atoms with Crippen LogP contribution in [0.1, 0.15) is 0 Å². The number of rotatable bonds is 2. The van der Waals surface area contributed by atoms with Gasteiger partial charge in [-0.05, 0) is 60.7 Å². The zero-order chi connectivity index (χ0) is 29.9. The predicted octanol–water partition coefficient (Wildman–Crippen LogP) is 11.7. The summed E-state index contributed by atoms with van der Waals surface area (Å²) in [6.45, 7) is 0. The molecule has 0 N–H and O–H groups in total. The highest BCUT2D eigenvalue weighted by Crippen LogP contribution is 2.40. The number of para-hydroxylation sites is 4. The van der Waals surface area contributed by atoms with Crippen LogP contribution in [0.25, 0.3) is 98.9 Å². The third-order valence-corrected chi connectivity index (χ3v) is 9.71. The third-order valence-electron chi connectivity index (χ3n) is 9.71. The molecule has 0 atom stereocenters. The van der Waals surface area contributed by atoms with Gasteiger partial charge in [-0.1, -0.05) is 72.8 Å². The van der Waals surface area contributed by atoms with Crippen LogP contribution in [-0.2, 0) is 0 Å². The first-order valence-electron chi connectivity index (χ1n) is 15.6. The van der Waals surface area contributed by atoms with Gasteiger partial charge in [-0.2, -0.15) is 0 Å². The van der Waals surface area contributed by atoms with Crippen LogP contribution in [0.2, 0.25) is 0 Å². The van der Waals surface area contributed by atoms with Crippen LogP contribution < -0.4 is 0 Å². The molecule has 0 amide bonds. The van der Waals surface area contributed by atoms with Crippen molar-refractivity contribution < 1.29 is 8.83 Å². The highest BCUT2D eigenvalue weighted by molar-refractivity contribution is 6.18. The quantitative estimate of drug-likeness (QED) is 0.201. The second-order valence-electron chi connectivity index (χ2n) is 12.1. The molecule has 0 fully saturated rings. The molecule has 4 heteroatoms. The van der Waals surface area contributed by atoms with Crippen molar-refractivity contribution >= 4 is 87.5 Å². The first-order chi connectivity index (χ1) is 22.8. The molecule has 4 nitrogen and oxygen atoms in total. The minimum atomic E-state index is 0.900. The number of fused-ring (bicyclic) bond motifs is 12. The van der Waals surface area contributed by atoms with Gasteiger partial charge in [-0.25, -0.2) is 0 Å². The van der Waals surface area contributed by atoms with Gasteiger partial charge in [-0.15, -0.1) is 0 Å². The molecule has 0 aliphatic rings. The molecule has 0 spiro atoms. The van der Waals surface area contributed by atoms with Crippen molar-refractivity contribution in [3.8, 4) is 11.4 Å². The molecule has 11 aromatic rings. The van der Waals surface area contributed by atoms with E-state index in [0.717, 1.165) is 66.3 Å². The first-order valence-corrected chi connectivity index (χ1v) is 15.6. The van der Waals surface area contributed by atoms with Gasteiger partial charge >= 0.3 is 0 Å². The van der Waals surface area contributed by atoms with Crippen molar-refractivity contribution in [3.05, 3.63) is 146 Å². The van der Waals surface area contributed by atoms with E-state index in [1.807, 2.05) is 24.3 Å². The van der Waals surface area contributed by atoms with Crippen molar-refractivity contribution in [2.75, 3.05) is 0 Å². The molecule has 7 aromatic carbocycles. The minimum absolute atomic E-state index is 0.900. The Morgan fingerprint density at radius 3 is 1.13 bits per heavy atom. The Balaban J connectivity index is 1.14. The monoisotopic (exact) mass is 588 g/mol. The van der Waals surface area contributed by atoms with E-state index in [1.54, 1.807) is 0 Å². The number of aromatic nitrogens is 2. The average molecular weight is 589 g/mol. The molecule has 46 heavy (non-hydrogen) atoms. The van der Waals surface area contributed by atoms with Gasteiger partial charge in [0.15, 0.2) is 0 Å². The number of hydrogen-bond donors (Lipinski definition) is 0. The van der Waals surface area contributed by atoms with Gasteiger partial charge in [0, 0.05) is 66.6 Å². The highest BCUT2D eigenvalue weighted by atomic mass is 16.3. The molecule has 0 unspecified atom stereocenters. The molecule has 214 valence electrons. The maximum atomic E-state index is 6.32. The van der Waals surface area contributed by atoms with Crippen LogP contribution in [0.4, 0.5) is 0 Å². The second kappa shape index (κ2) is 8.68. The molecular weight excluding hydrogens is 564 g/mol. The second-order valence-corrected chi connectivity index (χ2v) is 12.1. The Labute approximate surface area is 261 Å². The smallest absolute Gasteiger partial charge is 0.137 e. The molecule has 0 saturated carbocycles. The van der Waals surface area contributed by atoms with E-state index in [4.69, 9.17) is 8.83 Å². The fourth-order valence-electron chi connectivity index (χ4n) is 7.68. The van der Waals surface area contributed by atoms with Crippen LogP contribution >= 0.6 is 0 Å². The summed E-state index contributed by atoms with van der Waals surface area (Å²) in [7, 11) is 0. The summed E-state index contributed by atoms with van der Waals surface area (Å²) >= 11 is 0. The topological polar surface area (TPSA) is 36.1 Å². The average Bonchev–Trinajstić information content (AvgIpc) is 3.84. The number of hydrogen-bond acceptors (Lipinski definition) is 2. The van der Waals surface area contributed by atoms with Gasteiger partial charge in [-0.3, -0.25) is 0 Å². The Morgan fingerprint density at radius 2 is 0.674 bits per heavy atom. The summed E-state index contributed by atoms with van der Waals surface area (Å²) in [4.78, 5) is 0. The maximum absolute atomic E-state index is 6.32. The van der Waals surface area contributed by atoms with E-state index in [9.17, 15) is 0 Å². The number of furan rings is 2. The van der Waals surface area contributed by atoms with Crippen molar-refractivity contribution in [3.63, 3.8) is 0 Å². The fraction of sp³-hybridized carbons (Fsp3) is 0. The van der Waals surface area contributed by atoms with Crippen LogP contribution in [-0.4, -0.2) is 9.13 Å². The maximum Gasteiger partial charge on any atom is 0.137 e.